The maximum atomic E-state index is 12.0. The molecule has 0 aliphatic carbocycles. The quantitative estimate of drug-likeness (QED) is 0.876. The third-order valence-corrected chi connectivity index (χ3v) is 2.67. The van der Waals surface area contributed by atoms with Gasteiger partial charge in [0, 0.05) is 18.3 Å². The number of nitrogens with one attached hydrogen (secondary N) is 1. The molecule has 0 fully saturated rings. The van der Waals surface area contributed by atoms with E-state index in [0.29, 0.717) is 11.5 Å². The Morgan fingerprint density at radius 2 is 1.89 bits per heavy atom. The fraction of sp³-hybridized carbons (Fsp3) is 0.267. The van der Waals surface area contributed by atoms with Gasteiger partial charge >= 0.3 is 0 Å². The van der Waals surface area contributed by atoms with Crippen molar-refractivity contribution in [2.45, 2.75) is 20.4 Å². The van der Waals surface area contributed by atoms with Crippen molar-refractivity contribution in [3.05, 3.63) is 54.2 Å². The topological polar surface area (TPSA) is 34.0 Å². The Hall–Kier alpha value is -2.03. The highest BCUT2D eigenvalue weighted by Gasteiger charge is 2.08. The van der Waals surface area contributed by atoms with Crippen LogP contribution in [0.3, 0.4) is 0 Å². The molecule has 2 aromatic rings. The molecule has 3 heteroatoms. The van der Waals surface area contributed by atoms with Crippen LogP contribution in [-0.4, -0.2) is 10.5 Å². The fourth-order valence-corrected chi connectivity index (χ4v) is 1.86. The normalized spacial score (nSPS) is 10.6. The van der Waals surface area contributed by atoms with Gasteiger partial charge in [-0.05, 0) is 30.2 Å². The summed E-state index contributed by atoms with van der Waals surface area (Å²) >= 11 is 0. The molecule has 0 unspecified atom stereocenters. The Kier molecular flexibility index (Phi) is 3.82. The van der Waals surface area contributed by atoms with E-state index >= 15 is 0 Å². The molecule has 1 heterocycles. The Morgan fingerprint density at radius 1 is 1.17 bits per heavy atom. The molecule has 0 atom stereocenters. The van der Waals surface area contributed by atoms with E-state index in [-0.39, 0.29) is 5.91 Å². The van der Waals surface area contributed by atoms with Crippen molar-refractivity contribution in [2.75, 3.05) is 5.32 Å². The van der Waals surface area contributed by atoms with E-state index in [4.69, 9.17) is 0 Å². The van der Waals surface area contributed by atoms with E-state index in [1.165, 1.54) is 0 Å². The van der Waals surface area contributed by atoms with Crippen molar-refractivity contribution >= 4 is 11.7 Å². The van der Waals surface area contributed by atoms with Gasteiger partial charge in [0.2, 0.25) is 0 Å². The van der Waals surface area contributed by atoms with Crippen LogP contribution >= 0.6 is 0 Å². The van der Waals surface area contributed by atoms with Gasteiger partial charge in [0.05, 0.1) is 0 Å². The zero-order chi connectivity index (χ0) is 13.0. The number of benzene rings is 1. The number of hydrogen-bond donors (Lipinski definition) is 1. The smallest absolute Gasteiger partial charge is 0.256 e. The van der Waals surface area contributed by atoms with Gasteiger partial charge < -0.3 is 9.88 Å². The van der Waals surface area contributed by atoms with E-state index in [9.17, 15) is 4.79 Å². The van der Waals surface area contributed by atoms with Gasteiger partial charge in [0.15, 0.2) is 0 Å². The average Bonchev–Trinajstić information content (AvgIpc) is 2.77. The van der Waals surface area contributed by atoms with Gasteiger partial charge in [-0.15, -0.1) is 0 Å². The minimum Gasteiger partial charge on any atom is -0.334 e. The molecule has 94 valence electrons. The highest BCUT2D eigenvalue weighted by Crippen LogP contribution is 2.13. The number of hydrogen-bond acceptors (Lipinski definition) is 1. The molecule has 1 aromatic carbocycles. The standard InChI is InChI=1S/C15H18N2O/c1-12(2)11-17-10-6-9-14(17)16-15(18)13-7-4-3-5-8-13/h3-10,12H,11H2,1-2H3,(H,16,18). The molecule has 1 aromatic heterocycles. The summed E-state index contributed by atoms with van der Waals surface area (Å²) in [6, 6.07) is 13.1. The second kappa shape index (κ2) is 5.54. The van der Waals surface area contributed by atoms with Crippen molar-refractivity contribution in [1.82, 2.24) is 4.57 Å². The minimum absolute atomic E-state index is 0.0701. The number of carbonyl (C=O) groups is 1. The lowest BCUT2D eigenvalue weighted by molar-refractivity contribution is 0.102. The second-order valence-electron chi connectivity index (χ2n) is 4.76. The number of rotatable bonds is 4. The SMILES string of the molecule is CC(C)Cn1cccc1NC(=O)c1ccccc1. The van der Waals surface area contributed by atoms with Crippen LogP contribution in [0.1, 0.15) is 24.2 Å². The van der Waals surface area contributed by atoms with Crippen LogP contribution in [0, 0.1) is 5.92 Å². The highest BCUT2D eigenvalue weighted by molar-refractivity contribution is 6.03. The molecular weight excluding hydrogens is 224 g/mol. The summed E-state index contributed by atoms with van der Waals surface area (Å²) < 4.78 is 2.06. The molecule has 0 aliphatic rings. The van der Waals surface area contributed by atoms with Crippen LogP contribution in [0.2, 0.25) is 0 Å². The van der Waals surface area contributed by atoms with Gasteiger partial charge in [0.25, 0.3) is 5.91 Å². The number of anilines is 1. The number of aromatic nitrogens is 1. The van der Waals surface area contributed by atoms with Crippen molar-refractivity contribution in [3.63, 3.8) is 0 Å². The van der Waals surface area contributed by atoms with Crippen LogP contribution < -0.4 is 5.32 Å². The average molecular weight is 242 g/mol. The molecule has 1 N–H and O–H groups in total. The molecule has 0 spiro atoms. The summed E-state index contributed by atoms with van der Waals surface area (Å²) in [4.78, 5) is 12.0. The third-order valence-electron chi connectivity index (χ3n) is 2.67. The molecular formula is C15H18N2O. The van der Waals surface area contributed by atoms with Crippen molar-refractivity contribution in [1.29, 1.82) is 0 Å². The zero-order valence-electron chi connectivity index (χ0n) is 10.8. The second-order valence-corrected chi connectivity index (χ2v) is 4.76. The van der Waals surface area contributed by atoms with Crippen LogP contribution in [0.5, 0.6) is 0 Å². The Balaban J connectivity index is 2.10. The molecule has 3 nitrogen and oxygen atoms in total. The van der Waals surface area contributed by atoms with Gasteiger partial charge in [0.1, 0.15) is 5.82 Å². The summed E-state index contributed by atoms with van der Waals surface area (Å²) in [5, 5.41) is 2.94. The van der Waals surface area contributed by atoms with Crippen molar-refractivity contribution in [2.24, 2.45) is 5.92 Å². The van der Waals surface area contributed by atoms with Gasteiger partial charge in [-0.25, -0.2) is 0 Å². The summed E-state index contributed by atoms with van der Waals surface area (Å²) in [7, 11) is 0. The molecule has 0 aliphatic heterocycles. The maximum absolute atomic E-state index is 12.0. The maximum Gasteiger partial charge on any atom is 0.256 e. The van der Waals surface area contributed by atoms with Crippen molar-refractivity contribution in [3.8, 4) is 0 Å². The first-order valence-corrected chi connectivity index (χ1v) is 6.18. The number of nitrogens with zero attached hydrogens (tertiary/aromatic N) is 1. The van der Waals surface area contributed by atoms with Crippen LogP contribution in [0.4, 0.5) is 5.82 Å². The highest BCUT2D eigenvalue weighted by atomic mass is 16.1. The largest absolute Gasteiger partial charge is 0.334 e. The molecule has 1 amide bonds. The molecule has 2 rings (SSSR count). The van der Waals surface area contributed by atoms with Crippen LogP contribution in [0.15, 0.2) is 48.7 Å². The van der Waals surface area contributed by atoms with E-state index in [1.807, 2.05) is 48.7 Å². The molecule has 0 saturated heterocycles. The lowest BCUT2D eigenvalue weighted by atomic mass is 10.2. The van der Waals surface area contributed by atoms with E-state index < -0.39 is 0 Å². The minimum atomic E-state index is -0.0701. The predicted molar refractivity (Wildman–Crippen MR) is 73.7 cm³/mol. The molecule has 0 bridgehead atoms. The van der Waals surface area contributed by atoms with Crippen LogP contribution in [0.25, 0.3) is 0 Å². The first-order valence-electron chi connectivity index (χ1n) is 6.18. The Labute approximate surface area is 107 Å². The molecule has 0 saturated carbocycles. The van der Waals surface area contributed by atoms with Gasteiger partial charge in [-0.1, -0.05) is 32.0 Å². The molecule has 0 radical (unpaired) electrons. The van der Waals surface area contributed by atoms with Crippen molar-refractivity contribution < 1.29 is 4.79 Å². The summed E-state index contributed by atoms with van der Waals surface area (Å²) in [6.45, 7) is 5.21. The third kappa shape index (κ3) is 3.00. The van der Waals surface area contributed by atoms with E-state index in [0.717, 1.165) is 12.4 Å². The summed E-state index contributed by atoms with van der Waals surface area (Å²) in [6.07, 6.45) is 1.99. The predicted octanol–water partition coefficient (Wildman–Crippen LogP) is 3.40. The Bertz CT molecular complexity index is 514. The van der Waals surface area contributed by atoms with E-state index in [1.54, 1.807) is 0 Å². The summed E-state index contributed by atoms with van der Waals surface area (Å²) in [5.41, 5.74) is 0.676. The number of carbonyl (C=O) groups excluding carboxylic acids is 1. The monoisotopic (exact) mass is 242 g/mol. The van der Waals surface area contributed by atoms with E-state index in [2.05, 4.69) is 23.7 Å². The zero-order valence-corrected chi connectivity index (χ0v) is 10.8. The lowest BCUT2D eigenvalue weighted by Gasteiger charge is -2.12. The van der Waals surface area contributed by atoms with Crippen LogP contribution in [-0.2, 0) is 6.54 Å². The summed E-state index contributed by atoms with van der Waals surface area (Å²) in [5.74, 6) is 1.32. The fourth-order valence-electron chi connectivity index (χ4n) is 1.86. The lowest BCUT2D eigenvalue weighted by Crippen LogP contribution is -2.16. The van der Waals surface area contributed by atoms with Gasteiger partial charge in [-0.2, -0.15) is 0 Å². The van der Waals surface area contributed by atoms with Gasteiger partial charge in [-0.3, -0.25) is 4.79 Å². The molecule has 18 heavy (non-hydrogen) atoms. The Morgan fingerprint density at radius 3 is 2.56 bits per heavy atom. The first kappa shape index (κ1) is 12.4. The first-order chi connectivity index (χ1) is 8.66. The number of amides is 1.